The Labute approximate surface area is 92.9 Å². The molecular weight excluding hydrogens is 216 g/mol. The van der Waals surface area contributed by atoms with Gasteiger partial charge in [-0.2, -0.15) is 0 Å². The maximum atomic E-state index is 10.5. The highest BCUT2D eigenvalue weighted by molar-refractivity contribution is 6.32. The number of carboxylic acids is 1. The van der Waals surface area contributed by atoms with E-state index in [0.717, 1.165) is 0 Å². The monoisotopic (exact) mass is 226 g/mol. The molecule has 0 radical (unpaired) electrons. The lowest BCUT2D eigenvalue weighted by Crippen LogP contribution is -2.00. The van der Waals surface area contributed by atoms with Crippen LogP contribution in [0, 0.1) is 0 Å². The number of carbonyl (C=O) groups is 1. The van der Waals surface area contributed by atoms with Gasteiger partial charge in [0.2, 0.25) is 0 Å². The summed E-state index contributed by atoms with van der Waals surface area (Å²) in [4.78, 5) is 10.5. The minimum absolute atomic E-state index is 0.0383. The van der Waals surface area contributed by atoms with Crippen LogP contribution in [-0.4, -0.2) is 11.1 Å². The number of carboxylic acid groups (broad SMARTS) is 1. The largest absolute Gasteiger partial charge is 0.481 e. The Morgan fingerprint density at radius 2 is 2.33 bits per heavy atom. The van der Waals surface area contributed by atoms with E-state index >= 15 is 0 Å². The van der Waals surface area contributed by atoms with E-state index in [4.69, 9.17) is 21.4 Å². The molecule has 0 aliphatic heterocycles. The molecule has 1 rings (SSSR count). The molecule has 0 bridgehead atoms. The molecule has 0 unspecified atom stereocenters. The number of ether oxygens (including phenoxy) is 1. The highest BCUT2D eigenvalue weighted by Crippen LogP contribution is 2.25. The fourth-order valence-electron chi connectivity index (χ4n) is 1.06. The van der Waals surface area contributed by atoms with Crippen molar-refractivity contribution in [3.05, 3.63) is 41.1 Å². The number of aliphatic carboxylic acids is 1. The van der Waals surface area contributed by atoms with Crippen molar-refractivity contribution >= 4 is 17.6 Å². The molecule has 1 N–H and O–H groups in total. The van der Waals surface area contributed by atoms with Gasteiger partial charge in [0.25, 0.3) is 0 Å². The molecule has 1 aromatic carbocycles. The second-order valence-corrected chi connectivity index (χ2v) is 3.33. The van der Waals surface area contributed by atoms with Gasteiger partial charge in [-0.15, -0.1) is 0 Å². The van der Waals surface area contributed by atoms with Gasteiger partial charge in [0.1, 0.15) is 5.75 Å². The van der Waals surface area contributed by atoms with Crippen LogP contribution in [0.3, 0.4) is 0 Å². The minimum atomic E-state index is -0.880. The lowest BCUT2D eigenvalue weighted by Gasteiger charge is -2.05. The Hall–Kier alpha value is -1.48. The van der Waals surface area contributed by atoms with E-state index in [1.807, 2.05) is 6.92 Å². The van der Waals surface area contributed by atoms with E-state index in [9.17, 15) is 4.79 Å². The van der Waals surface area contributed by atoms with Gasteiger partial charge in [0.15, 0.2) is 0 Å². The molecule has 0 atom stereocenters. The van der Waals surface area contributed by atoms with Crippen molar-refractivity contribution in [1.29, 1.82) is 0 Å². The van der Waals surface area contributed by atoms with Crippen LogP contribution < -0.4 is 4.74 Å². The quantitative estimate of drug-likeness (QED) is 0.803. The summed E-state index contributed by atoms with van der Waals surface area (Å²) in [6.07, 6.45) is 3.18. The second-order valence-electron chi connectivity index (χ2n) is 2.92. The summed E-state index contributed by atoms with van der Waals surface area (Å²) in [5.41, 5.74) is 0.659. The molecule has 0 amide bonds. The predicted octanol–water partition coefficient (Wildman–Crippen LogP) is 2.88. The number of rotatable bonds is 4. The van der Waals surface area contributed by atoms with Crippen LogP contribution in [0.5, 0.6) is 5.75 Å². The maximum absolute atomic E-state index is 10.5. The van der Waals surface area contributed by atoms with Gasteiger partial charge in [0.05, 0.1) is 17.7 Å². The van der Waals surface area contributed by atoms with Crippen LogP contribution in [-0.2, 0) is 11.2 Å². The summed E-state index contributed by atoms with van der Waals surface area (Å²) in [5.74, 6) is -0.414. The van der Waals surface area contributed by atoms with Crippen LogP contribution in [0.25, 0.3) is 0 Å². The van der Waals surface area contributed by atoms with Gasteiger partial charge in [-0.05, 0) is 24.6 Å². The first kappa shape index (κ1) is 11.6. The minimum Gasteiger partial charge on any atom is -0.481 e. The Morgan fingerprint density at radius 1 is 1.60 bits per heavy atom. The summed E-state index contributed by atoms with van der Waals surface area (Å²) in [6.45, 7) is 1.81. The fraction of sp³-hybridized carbons (Fsp3) is 0.182. The van der Waals surface area contributed by atoms with Gasteiger partial charge in [-0.3, -0.25) is 4.79 Å². The smallest absolute Gasteiger partial charge is 0.307 e. The SMILES string of the molecule is CC=COc1cc(CC(=O)O)ccc1Cl. The van der Waals surface area contributed by atoms with Crippen LogP contribution in [0.15, 0.2) is 30.5 Å². The Bertz CT molecular complexity index is 385. The highest BCUT2D eigenvalue weighted by Gasteiger charge is 2.05. The number of hydrogen-bond donors (Lipinski definition) is 1. The van der Waals surface area contributed by atoms with Crippen molar-refractivity contribution in [3.8, 4) is 5.75 Å². The predicted molar refractivity (Wildman–Crippen MR) is 58.2 cm³/mol. The van der Waals surface area contributed by atoms with Crippen LogP contribution in [0.4, 0.5) is 0 Å². The molecule has 0 heterocycles. The van der Waals surface area contributed by atoms with E-state index in [-0.39, 0.29) is 6.42 Å². The van der Waals surface area contributed by atoms with Crippen molar-refractivity contribution < 1.29 is 14.6 Å². The summed E-state index contributed by atoms with van der Waals surface area (Å²) in [5, 5.41) is 9.08. The third-order valence-electron chi connectivity index (χ3n) is 1.68. The van der Waals surface area contributed by atoms with Crippen molar-refractivity contribution in [2.75, 3.05) is 0 Å². The Morgan fingerprint density at radius 3 is 2.93 bits per heavy atom. The third kappa shape index (κ3) is 3.64. The zero-order chi connectivity index (χ0) is 11.3. The van der Waals surface area contributed by atoms with Crippen LogP contribution >= 0.6 is 11.6 Å². The lowest BCUT2D eigenvalue weighted by atomic mass is 10.1. The number of benzene rings is 1. The molecule has 15 heavy (non-hydrogen) atoms. The van der Waals surface area contributed by atoms with Crippen molar-refractivity contribution in [2.24, 2.45) is 0 Å². The molecule has 0 spiro atoms. The first-order chi connectivity index (χ1) is 7.13. The second kappa shape index (κ2) is 5.41. The Kier molecular flexibility index (Phi) is 4.18. The van der Waals surface area contributed by atoms with Gasteiger partial charge in [-0.25, -0.2) is 0 Å². The number of allylic oxidation sites excluding steroid dienone is 1. The zero-order valence-electron chi connectivity index (χ0n) is 8.24. The topological polar surface area (TPSA) is 46.5 Å². The molecule has 4 heteroatoms. The molecule has 0 saturated heterocycles. The summed E-state index contributed by atoms with van der Waals surface area (Å²) in [6, 6.07) is 4.91. The molecule has 0 saturated carbocycles. The van der Waals surface area contributed by atoms with Gasteiger partial charge >= 0.3 is 5.97 Å². The van der Waals surface area contributed by atoms with E-state index in [1.54, 1.807) is 24.3 Å². The first-order valence-electron chi connectivity index (χ1n) is 4.41. The van der Waals surface area contributed by atoms with Gasteiger partial charge < -0.3 is 9.84 Å². The standard InChI is InChI=1S/C11H11ClO3/c1-2-5-15-10-6-8(7-11(13)14)3-4-9(10)12/h2-6H,7H2,1H3,(H,13,14). The van der Waals surface area contributed by atoms with Gasteiger partial charge in [-0.1, -0.05) is 23.7 Å². The molecule has 0 fully saturated rings. The summed E-state index contributed by atoms with van der Waals surface area (Å²) in [7, 11) is 0. The van der Waals surface area contributed by atoms with Gasteiger partial charge in [0, 0.05) is 0 Å². The average Bonchev–Trinajstić information content (AvgIpc) is 2.18. The fourth-order valence-corrected chi connectivity index (χ4v) is 1.23. The van der Waals surface area contributed by atoms with Crippen LogP contribution in [0.1, 0.15) is 12.5 Å². The molecular formula is C11H11ClO3. The lowest BCUT2D eigenvalue weighted by molar-refractivity contribution is -0.136. The molecule has 1 aromatic rings. The van der Waals surface area contributed by atoms with E-state index in [0.29, 0.717) is 16.3 Å². The third-order valence-corrected chi connectivity index (χ3v) is 1.99. The average molecular weight is 227 g/mol. The van der Waals surface area contributed by atoms with Crippen molar-refractivity contribution in [1.82, 2.24) is 0 Å². The summed E-state index contributed by atoms with van der Waals surface area (Å²) < 4.78 is 5.20. The van der Waals surface area contributed by atoms with Crippen LogP contribution in [0.2, 0.25) is 5.02 Å². The van der Waals surface area contributed by atoms with E-state index in [1.165, 1.54) is 6.26 Å². The van der Waals surface area contributed by atoms with Crippen molar-refractivity contribution in [3.63, 3.8) is 0 Å². The Balaban J connectivity index is 2.89. The maximum Gasteiger partial charge on any atom is 0.307 e. The molecule has 80 valence electrons. The molecule has 0 aliphatic rings. The number of halogens is 1. The molecule has 0 aromatic heterocycles. The summed E-state index contributed by atoms with van der Waals surface area (Å²) >= 11 is 5.86. The van der Waals surface area contributed by atoms with E-state index in [2.05, 4.69) is 0 Å². The highest BCUT2D eigenvalue weighted by atomic mass is 35.5. The van der Waals surface area contributed by atoms with E-state index < -0.39 is 5.97 Å². The molecule has 0 aliphatic carbocycles. The normalized spacial score (nSPS) is 10.5. The molecule has 3 nitrogen and oxygen atoms in total. The number of hydrogen-bond acceptors (Lipinski definition) is 2. The first-order valence-corrected chi connectivity index (χ1v) is 4.79. The van der Waals surface area contributed by atoms with Crippen molar-refractivity contribution in [2.45, 2.75) is 13.3 Å². The zero-order valence-corrected chi connectivity index (χ0v) is 8.99.